The number of benzene rings is 2. The van der Waals surface area contributed by atoms with Gasteiger partial charge in [-0.3, -0.25) is 0 Å². The summed E-state index contributed by atoms with van der Waals surface area (Å²) in [5.41, 5.74) is 1.13. The van der Waals surface area contributed by atoms with E-state index in [1.807, 2.05) is 24.3 Å². The fourth-order valence-corrected chi connectivity index (χ4v) is 2.93. The summed E-state index contributed by atoms with van der Waals surface area (Å²) in [5, 5.41) is 0. The van der Waals surface area contributed by atoms with Crippen LogP contribution >= 0.6 is 0 Å². The van der Waals surface area contributed by atoms with Crippen molar-refractivity contribution in [1.82, 2.24) is 0 Å². The molecule has 0 aromatic heterocycles. The fourth-order valence-electron chi connectivity index (χ4n) is 1.49. The van der Waals surface area contributed by atoms with Crippen LogP contribution < -0.4 is 9.20 Å². The summed E-state index contributed by atoms with van der Waals surface area (Å²) in [6.45, 7) is 0. The number of para-hydroxylation sites is 1. The van der Waals surface area contributed by atoms with Gasteiger partial charge in [-0.15, -0.1) is 0 Å². The van der Waals surface area contributed by atoms with E-state index in [4.69, 9.17) is 4.74 Å². The fraction of sp³-hybridized carbons (Fsp3) is 0.0667. The molecule has 17 heavy (non-hydrogen) atoms. The van der Waals surface area contributed by atoms with E-state index < -0.39 is 0 Å². The summed E-state index contributed by atoms with van der Waals surface area (Å²) in [7, 11) is 1.70. The third kappa shape index (κ3) is 3.48. The predicted octanol–water partition coefficient (Wildman–Crippen LogP) is 2.70. The summed E-state index contributed by atoms with van der Waals surface area (Å²) in [6.07, 6.45) is 2.13. The molecule has 0 atom stereocenters. The zero-order valence-electron chi connectivity index (χ0n) is 9.67. The van der Waals surface area contributed by atoms with E-state index in [2.05, 4.69) is 41.4 Å². The van der Waals surface area contributed by atoms with Crippen LogP contribution in [-0.2, 0) is 0 Å². The first-order chi connectivity index (χ1) is 8.40. The Balaban J connectivity index is 2.06. The van der Waals surface area contributed by atoms with Crippen molar-refractivity contribution in [3.63, 3.8) is 0 Å². The van der Waals surface area contributed by atoms with Crippen LogP contribution in [0, 0.1) is 0 Å². The maximum atomic E-state index is 5.30. The Bertz CT molecular complexity index is 491. The second-order valence-corrected chi connectivity index (χ2v) is 5.53. The van der Waals surface area contributed by atoms with E-state index in [0.29, 0.717) is 15.0 Å². The zero-order chi connectivity index (χ0) is 11.9. The van der Waals surface area contributed by atoms with Crippen molar-refractivity contribution in [1.29, 1.82) is 0 Å². The molecule has 0 amide bonds. The van der Waals surface area contributed by atoms with Gasteiger partial charge in [-0.1, -0.05) is 0 Å². The SMILES string of the molecule is COc1ccccc1/C=C/[Se]c1ccccc1. The van der Waals surface area contributed by atoms with Gasteiger partial charge in [0.15, 0.2) is 0 Å². The van der Waals surface area contributed by atoms with Crippen molar-refractivity contribution >= 4 is 25.5 Å². The zero-order valence-corrected chi connectivity index (χ0v) is 11.4. The monoisotopic (exact) mass is 290 g/mol. The molecule has 1 nitrogen and oxygen atoms in total. The molecular formula is C15H14OSe. The van der Waals surface area contributed by atoms with Crippen LogP contribution in [0.15, 0.2) is 59.6 Å². The number of hydrogen-bond donors (Lipinski definition) is 0. The second kappa shape index (κ2) is 6.29. The van der Waals surface area contributed by atoms with Gasteiger partial charge >= 0.3 is 108 Å². The molecule has 2 aromatic carbocycles. The molecule has 0 saturated heterocycles. The maximum absolute atomic E-state index is 5.30. The van der Waals surface area contributed by atoms with E-state index in [0.717, 1.165) is 11.3 Å². The third-order valence-corrected chi connectivity index (χ3v) is 4.05. The van der Waals surface area contributed by atoms with Gasteiger partial charge in [0.2, 0.25) is 0 Å². The van der Waals surface area contributed by atoms with Gasteiger partial charge in [0.05, 0.1) is 0 Å². The Morgan fingerprint density at radius 3 is 2.41 bits per heavy atom. The number of ether oxygens (including phenoxy) is 1. The van der Waals surface area contributed by atoms with Crippen LogP contribution in [0.25, 0.3) is 6.08 Å². The minimum absolute atomic E-state index is 0.377. The molecule has 0 spiro atoms. The summed E-state index contributed by atoms with van der Waals surface area (Å²) in [4.78, 5) is 2.22. The van der Waals surface area contributed by atoms with Crippen LogP contribution in [0.4, 0.5) is 0 Å². The van der Waals surface area contributed by atoms with Crippen molar-refractivity contribution in [3.05, 3.63) is 65.1 Å². The van der Waals surface area contributed by atoms with Crippen molar-refractivity contribution in [2.45, 2.75) is 0 Å². The van der Waals surface area contributed by atoms with Crippen molar-refractivity contribution in [2.75, 3.05) is 7.11 Å². The van der Waals surface area contributed by atoms with Crippen molar-refractivity contribution in [2.24, 2.45) is 0 Å². The molecule has 0 aliphatic heterocycles. The van der Waals surface area contributed by atoms with Crippen LogP contribution in [0.1, 0.15) is 5.56 Å². The molecular weight excluding hydrogens is 275 g/mol. The molecule has 2 heteroatoms. The Labute approximate surface area is 108 Å². The summed E-state index contributed by atoms with van der Waals surface area (Å²) in [6, 6.07) is 18.6. The summed E-state index contributed by atoms with van der Waals surface area (Å²) >= 11 is 0.377. The number of rotatable bonds is 4. The Morgan fingerprint density at radius 2 is 1.65 bits per heavy atom. The molecule has 0 saturated carbocycles. The summed E-state index contributed by atoms with van der Waals surface area (Å²) < 4.78 is 6.68. The normalized spacial score (nSPS) is 10.6. The van der Waals surface area contributed by atoms with E-state index in [1.54, 1.807) is 7.11 Å². The van der Waals surface area contributed by atoms with Crippen LogP contribution in [0.5, 0.6) is 5.75 Å². The quantitative estimate of drug-likeness (QED) is 0.786. The molecule has 0 aliphatic rings. The number of methoxy groups -OCH3 is 1. The van der Waals surface area contributed by atoms with Gasteiger partial charge in [0.25, 0.3) is 0 Å². The first-order valence-corrected chi connectivity index (χ1v) is 7.26. The van der Waals surface area contributed by atoms with E-state index in [9.17, 15) is 0 Å². The third-order valence-electron chi connectivity index (χ3n) is 2.33. The molecule has 86 valence electrons. The molecule has 0 unspecified atom stereocenters. The Morgan fingerprint density at radius 1 is 0.941 bits per heavy atom. The predicted molar refractivity (Wildman–Crippen MR) is 73.9 cm³/mol. The van der Waals surface area contributed by atoms with E-state index >= 15 is 0 Å². The summed E-state index contributed by atoms with van der Waals surface area (Å²) in [5.74, 6) is 0.924. The van der Waals surface area contributed by atoms with Gasteiger partial charge in [0.1, 0.15) is 0 Å². The molecule has 0 fully saturated rings. The van der Waals surface area contributed by atoms with Crippen LogP contribution in [0.2, 0.25) is 0 Å². The molecule has 0 aliphatic carbocycles. The average molecular weight is 289 g/mol. The number of hydrogen-bond acceptors (Lipinski definition) is 1. The van der Waals surface area contributed by atoms with Gasteiger partial charge in [0, 0.05) is 0 Å². The Hall–Kier alpha value is -1.50. The molecule has 0 bridgehead atoms. The van der Waals surface area contributed by atoms with E-state index in [1.165, 1.54) is 4.46 Å². The first-order valence-electron chi connectivity index (χ1n) is 5.41. The van der Waals surface area contributed by atoms with Crippen molar-refractivity contribution in [3.8, 4) is 5.75 Å². The van der Waals surface area contributed by atoms with E-state index in [-0.39, 0.29) is 0 Å². The first kappa shape index (κ1) is 12.0. The van der Waals surface area contributed by atoms with Gasteiger partial charge in [-0.2, -0.15) is 0 Å². The Kier molecular flexibility index (Phi) is 4.43. The standard InChI is InChI=1S/C15H14OSe/c1-16-15-10-6-5-7-13(15)11-12-17-14-8-3-2-4-9-14/h2-12H,1H3/b12-11+. The minimum atomic E-state index is 0.377. The molecule has 2 rings (SSSR count). The topological polar surface area (TPSA) is 9.23 Å². The van der Waals surface area contributed by atoms with Gasteiger partial charge in [-0.25, -0.2) is 0 Å². The molecule has 2 aromatic rings. The second-order valence-electron chi connectivity index (χ2n) is 3.48. The van der Waals surface area contributed by atoms with Crippen LogP contribution in [0.3, 0.4) is 0 Å². The van der Waals surface area contributed by atoms with Crippen molar-refractivity contribution < 1.29 is 4.74 Å². The van der Waals surface area contributed by atoms with Gasteiger partial charge in [-0.05, 0) is 0 Å². The molecule has 0 N–H and O–H groups in total. The molecule has 0 heterocycles. The van der Waals surface area contributed by atoms with Gasteiger partial charge < -0.3 is 0 Å². The molecule has 0 radical (unpaired) electrons. The average Bonchev–Trinajstić information content (AvgIpc) is 2.40. The van der Waals surface area contributed by atoms with Crippen LogP contribution in [-0.4, -0.2) is 22.1 Å².